The fraction of sp³-hybridized carbons (Fsp3) is 0.143. The van der Waals surface area contributed by atoms with Gasteiger partial charge in [-0.05, 0) is 42.3 Å². The van der Waals surface area contributed by atoms with Crippen molar-refractivity contribution in [2.45, 2.75) is 13.2 Å². The van der Waals surface area contributed by atoms with Gasteiger partial charge >= 0.3 is 0 Å². The van der Waals surface area contributed by atoms with Crippen LogP contribution in [-0.4, -0.2) is 16.5 Å². The minimum atomic E-state index is -0.811. The molecule has 0 aromatic heterocycles. The molecule has 0 amide bonds. The number of phenolic OH excluding ortho intramolecular Hbond substituents is 1. The lowest BCUT2D eigenvalue weighted by molar-refractivity contribution is -0.000281. The molecule has 0 saturated heterocycles. The summed E-state index contributed by atoms with van der Waals surface area (Å²) in [6.07, 6.45) is -0.811. The summed E-state index contributed by atoms with van der Waals surface area (Å²) < 4.78 is 5.14. The van der Waals surface area contributed by atoms with Crippen LogP contribution in [0, 0.1) is 0 Å². The maximum absolute atomic E-state index is 9.20. The molecule has 1 atom stereocenters. The van der Waals surface area contributed by atoms with Crippen molar-refractivity contribution in [3.63, 3.8) is 0 Å². The molecule has 2 aromatic carbocycles. The fourth-order valence-electron chi connectivity index (χ4n) is 1.58. The molecule has 3 heteroatoms. The second-order valence-electron chi connectivity index (χ2n) is 3.79. The van der Waals surface area contributed by atoms with E-state index in [2.05, 4.69) is 0 Å². The molecule has 0 saturated carbocycles. The van der Waals surface area contributed by atoms with Crippen molar-refractivity contribution >= 4 is 0 Å². The summed E-state index contributed by atoms with van der Waals surface area (Å²) in [5, 5.41) is 18.3. The van der Waals surface area contributed by atoms with E-state index in [-0.39, 0.29) is 5.75 Å². The van der Waals surface area contributed by atoms with E-state index in [4.69, 9.17) is 9.84 Å². The first-order valence-electron chi connectivity index (χ1n) is 5.39. The molecule has 0 aliphatic rings. The molecular weight excluding hydrogens is 216 g/mol. The number of ether oxygens (including phenoxy) is 1. The summed E-state index contributed by atoms with van der Waals surface area (Å²) in [4.78, 5) is 0. The molecular formula is C14H14O3. The minimum Gasteiger partial charge on any atom is -0.508 e. The molecule has 1 unspecified atom stereocenters. The monoisotopic (exact) mass is 230 g/mol. The highest BCUT2D eigenvalue weighted by atomic mass is 16.6. The van der Waals surface area contributed by atoms with Gasteiger partial charge in [0.1, 0.15) is 11.5 Å². The molecule has 0 heterocycles. The van der Waals surface area contributed by atoms with Crippen LogP contribution in [0.5, 0.6) is 11.5 Å². The first-order chi connectivity index (χ1) is 8.15. The second kappa shape index (κ2) is 4.89. The zero-order chi connectivity index (χ0) is 12.3. The number of aliphatic hydroxyl groups is 1. The topological polar surface area (TPSA) is 49.7 Å². The van der Waals surface area contributed by atoms with Crippen LogP contribution in [0.4, 0.5) is 0 Å². The van der Waals surface area contributed by atoms with Gasteiger partial charge in [-0.1, -0.05) is 24.3 Å². The van der Waals surface area contributed by atoms with Crippen LogP contribution in [-0.2, 0) is 0 Å². The number of benzene rings is 2. The highest BCUT2D eigenvalue weighted by Gasteiger charge is 2.00. The van der Waals surface area contributed by atoms with E-state index in [1.807, 2.05) is 24.3 Å². The molecule has 2 aromatic rings. The van der Waals surface area contributed by atoms with Crippen LogP contribution < -0.4 is 4.74 Å². The first-order valence-corrected chi connectivity index (χ1v) is 5.39. The zero-order valence-corrected chi connectivity index (χ0v) is 9.50. The summed E-state index contributed by atoms with van der Waals surface area (Å²) in [6.45, 7) is 1.56. The van der Waals surface area contributed by atoms with Crippen LogP contribution >= 0.6 is 0 Å². The first kappa shape index (κ1) is 11.5. The number of aromatic hydroxyl groups is 1. The molecule has 0 spiro atoms. The van der Waals surface area contributed by atoms with Gasteiger partial charge in [0.2, 0.25) is 0 Å². The second-order valence-corrected chi connectivity index (χ2v) is 3.79. The summed E-state index contributed by atoms with van der Waals surface area (Å²) >= 11 is 0. The van der Waals surface area contributed by atoms with Crippen LogP contribution in [0.3, 0.4) is 0 Å². The highest BCUT2D eigenvalue weighted by Crippen LogP contribution is 2.24. The van der Waals surface area contributed by atoms with Gasteiger partial charge in [-0.2, -0.15) is 0 Å². The molecule has 17 heavy (non-hydrogen) atoms. The smallest absolute Gasteiger partial charge is 0.194 e. The number of rotatable bonds is 3. The van der Waals surface area contributed by atoms with Gasteiger partial charge in [-0.25, -0.2) is 0 Å². The molecule has 0 aliphatic heterocycles. The molecule has 0 bridgehead atoms. The van der Waals surface area contributed by atoms with E-state index in [1.165, 1.54) is 0 Å². The standard InChI is InChI=1S/C14H14O3/c1-10(15)17-14-8-4-12(5-9-14)11-2-6-13(16)7-3-11/h2-10,15-16H,1H3. The number of hydrogen-bond acceptors (Lipinski definition) is 3. The summed E-state index contributed by atoms with van der Waals surface area (Å²) in [6, 6.07) is 14.4. The Kier molecular flexibility index (Phi) is 3.30. The maximum atomic E-state index is 9.20. The average Bonchev–Trinajstić information content (AvgIpc) is 2.30. The van der Waals surface area contributed by atoms with Gasteiger partial charge in [0.05, 0.1) is 0 Å². The Labute approximate surface area is 99.9 Å². The predicted molar refractivity (Wildman–Crippen MR) is 65.9 cm³/mol. The van der Waals surface area contributed by atoms with E-state index in [0.29, 0.717) is 5.75 Å². The van der Waals surface area contributed by atoms with Gasteiger partial charge in [0.25, 0.3) is 0 Å². The normalized spacial score (nSPS) is 12.1. The third kappa shape index (κ3) is 2.98. The molecule has 2 N–H and O–H groups in total. The lowest BCUT2D eigenvalue weighted by atomic mass is 10.1. The van der Waals surface area contributed by atoms with Crippen LogP contribution in [0.25, 0.3) is 11.1 Å². The van der Waals surface area contributed by atoms with Gasteiger partial charge in [0, 0.05) is 0 Å². The Balaban J connectivity index is 2.20. The summed E-state index contributed by atoms with van der Waals surface area (Å²) in [7, 11) is 0. The molecule has 3 nitrogen and oxygen atoms in total. The van der Waals surface area contributed by atoms with Gasteiger partial charge in [-0.15, -0.1) is 0 Å². The average molecular weight is 230 g/mol. The summed E-state index contributed by atoms with van der Waals surface area (Å²) in [5.74, 6) is 0.880. The van der Waals surface area contributed by atoms with Crippen LogP contribution in [0.2, 0.25) is 0 Å². The zero-order valence-electron chi connectivity index (χ0n) is 9.50. The number of phenols is 1. The Bertz CT molecular complexity index is 472. The Hall–Kier alpha value is -2.00. The van der Waals surface area contributed by atoms with E-state index in [1.54, 1.807) is 31.2 Å². The Morgan fingerprint density at radius 2 is 1.35 bits per heavy atom. The molecule has 0 aliphatic carbocycles. The Morgan fingerprint density at radius 3 is 1.82 bits per heavy atom. The van der Waals surface area contributed by atoms with Gasteiger partial charge in [-0.3, -0.25) is 0 Å². The number of aliphatic hydroxyl groups excluding tert-OH is 1. The van der Waals surface area contributed by atoms with Crippen molar-refractivity contribution in [1.29, 1.82) is 0 Å². The third-order valence-electron chi connectivity index (χ3n) is 2.36. The van der Waals surface area contributed by atoms with E-state index in [0.717, 1.165) is 11.1 Å². The molecule has 0 radical (unpaired) electrons. The lowest BCUT2D eigenvalue weighted by Gasteiger charge is -2.09. The van der Waals surface area contributed by atoms with Crippen LogP contribution in [0.1, 0.15) is 6.92 Å². The molecule has 2 rings (SSSR count). The predicted octanol–water partition coefficient (Wildman–Crippen LogP) is 2.78. The lowest BCUT2D eigenvalue weighted by Crippen LogP contribution is -2.09. The molecule has 0 fully saturated rings. The largest absolute Gasteiger partial charge is 0.508 e. The van der Waals surface area contributed by atoms with Crippen molar-refractivity contribution in [2.24, 2.45) is 0 Å². The van der Waals surface area contributed by atoms with Crippen LogP contribution in [0.15, 0.2) is 48.5 Å². The summed E-state index contributed by atoms with van der Waals surface area (Å²) in [5.41, 5.74) is 2.05. The van der Waals surface area contributed by atoms with E-state index >= 15 is 0 Å². The van der Waals surface area contributed by atoms with Crippen molar-refractivity contribution < 1.29 is 14.9 Å². The van der Waals surface area contributed by atoms with Gasteiger partial charge < -0.3 is 14.9 Å². The Morgan fingerprint density at radius 1 is 0.882 bits per heavy atom. The number of hydrogen-bond donors (Lipinski definition) is 2. The SMILES string of the molecule is CC(O)Oc1ccc(-c2ccc(O)cc2)cc1. The fourth-order valence-corrected chi connectivity index (χ4v) is 1.58. The van der Waals surface area contributed by atoms with Gasteiger partial charge in [0.15, 0.2) is 6.29 Å². The molecule has 88 valence electrons. The van der Waals surface area contributed by atoms with Crippen molar-refractivity contribution in [3.8, 4) is 22.6 Å². The third-order valence-corrected chi connectivity index (χ3v) is 2.36. The maximum Gasteiger partial charge on any atom is 0.194 e. The van der Waals surface area contributed by atoms with Crippen molar-refractivity contribution in [3.05, 3.63) is 48.5 Å². The minimum absolute atomic E-state index is 0.253. The van der Waals surface area contributed by atoms with Crippen molar-refractivity contribution in [2.75, 3.05) is 0 Å². The van der Waals surface area contributed by atoms with Crippen molar-refractivity contribution in [1.82, 2.24) is 0 Å². The van der Waals surface area contributed by atoms with E-state index < -0.39 is 6.29 Å². The van der Waals surface area contributed by atoms with E-state index in [9.17, 15) is 5.11 Å². The quantitative estimate of drug-likeness (QED) is 0.797. The highest BCUT2D eigenvalue weighted by molar-refractivity contribution is 5.64.